The Balaban J connectivity index is 2.69. The number of aryl methyl sites for hydroxylation is 3. The lowest BCUT2D eigenvalue weighted by Gasteiger charge is -2.08. The topological polar surface area (TPSA) is 67.5 Å². The van der Waals surface area contributed by atoms with Crippen LogP contribution in [0.5, 0.6) is 0 Å². The highest BCUT2D eigenvalue weighted by molar-refractivity contribution is 5.71. The van der Waals surface area contributed by atoms with Gasteiger partial charge in [-0.2, -0.15) is 5.10 Å². The maximum Gasteiger partial charge on any atom is 0.307 e. The number of carboxylic acid groups (broad SMARTS) is 1. The van der Waals surface area contributed by atoms with Crippen LogP contribution in [0.4, 0.5) is 0 Å². The Labute approximate surface area is 92.7 Å². The number of hydrogen-bond acceptors (Lipinski definition) is 3. The van der Waals surface area contributed by atoms with Gasteiger partial charge in [0, 0.05) is 23.0 Å². The molecule has 0 radical (unpaired) electrons. The molecule has 2 heterocycles. The van der Waals surface area contributed by atoms with Crippen LogP contribution in [-0.4, -0.2) is 25.7 Å². The summed E-state index contributed by atoms with van der Waals surface area (Å²) in [6.07, 6.45) is -0.0144. The van der Waals surface area contributed by atoms with Crippen molar-refractivity contribution in [2.24, 2.45) is 0 Å². The maximum absolute atomic E-state index is 10.8. The Morgan fingerprint density at radius 3 is 2.75 bits per heavy atom. The molecule has 84 valence electrons. The monoisotopic (exact) mass is 219 g/mol. The van der Waals surface area contributed by atoms with Crippen LogP contribution in [0.15, 0.2) is 6.07 Å². The number of hydrogen-bond donors (Lipinski definition) is 1. The summed E-state index contributed by atoms with van der Waals surface area (Å²) in [4.78, 5) is 15.1. The molecule has 1 N–H and O–H groups in total. The summed E-state index contributed by atoms with van der Waals surface area (Å²) in [6, 6.07) is 1.88. The third kappa shape index (κ3) is 1.64. The molecule has 2 rings (SSSR count). The molecule has 0 saturated heterocycles. The molecule has 0 aliphatic heterocycles. The van der Waals surface area contributed by atoms with Crippen molar-refractivity contribution in [3.05, 3.63) is 28.7 Å². The zero-order valence-corrected chi connectivity index (χ0v) is 9.48. The van der Waals surface area contributed by atoms with Crippen LogP contribution in [0.1, 0.15) is 22.6 Å². The van der Waals surface area contributed by atoms with Crippen molar-refractivity contribution < 1.29 is 9.90 Å². The Morgan fingerprint density at radius 2 is 2.12 bits per heavy atom. The number of rotatable bonds is 2. The average Bonchev–Trinajstić information content (AvgIpc) is 2.53. The predicted molar refractivity (Wildman–Crippen MR) is 58.5 cm³/mol. The highest BCUT2D eigenvalue weighted by atomic mass is 16.4. The van der Waals surface area contributed by atoms with Crippen molar-refractivity contribution in [3.63, 3.8) is 0 Å². The SMILES string of the molecule is Cc1cc2nc(C)c(CC(=O)O)c(C)n2n1. The van der Waals surface area contributed by atoms with E-state index in [4.69, 9.17) is 5.11 Å². The number of aliphatic carboxylic acids is 1. The van der Waals surface area contributed by atoms with Crippen molar-refractivity contribution in [2.45, 2.75) is 27.2 Å². The smallest absolute Gasteiger partial charge is 0.307 e. The summed E-state index contributed by atoms with van der Waals surface area (Å²) >= 11 is 0. The van der Waals surface area contributed by atoms with Gasteiger partial charge >= 0.3 is 5.97 Å². The van der Waals surface area contributed by atoms with Crippen LogP contribution >= 0.6 is 0 Å². The van der Waals surface area contributed by atoms with Crippen LogP contribution in [-0.2, 0) is 11.2 Å². The van der Waals surface area contributed by atoms with Crippen LogP contribution in [0.3, 0.4) is 0 Å². The molecule has 0 atom stereocenters. The lowest BCUT2D eigenvalue weighted by Crippen LogP contribution is -2.10. The standard InChI is InChI=1S/C11H13N3O2/c1-6-4-10-12-7(2)9(5-11(15)16)8(3)14(10)13-6/h4H,5H2,1-3H3,(H,15,16). The second-order valence-electron chi connectivity index (χ2n) is 3.89. The van der Waals surface area contributed by atoms with Gasteiger partial charge in [0.25, 0.3) is 0 Å². The van der Waals surface area contributed by atoms with Gasteiger partial charge in [-0.3, -0.25) is 4.79 Å². The van der Waals surface area contributed by atoms with Gasteiger partial charge in [0.1, 0.15) is 0 Å². The molecule has 2 aromatic rings. The number of aromatic nitrogens is 3. The summed E-state index contributed by atoms with van der Waals surface area (Å²) in [7, 11) is 0. The number of carbonyl (C=O) groups is 1. The second kappa shape index (κ2) is 3.59. The zero-order valence-electron chi connectivity index (χ0n) is 9.48. The molecule has 16 heavy (non-hydrogen) atoms. The first kappa shape index (κ1) is 10.6. The maximum atomic E-state index is 10.8. The fraction of sp³-hybridized carbons (Fsp3) is 0.364. The Morgan fingerprint density at radius 1 is 1.44 bits per heavy atom. The van der Waals surface area contributed by atoms with Gasteiger partial charge in [0.05, 0.1) is 12.1 Å². The molecular formula is C11H13N3O2. The highest BCUT2D eigenvalue weighted by Crippen LogP contribution is 2.15. The van der Waals surface area contributed by atoms with E-state index in [9.17, 15) is 4.79 Å². The molecule has 0 unspecified atom stereocenters. The molecule has 5 heteroatoms. The summed E-state index contributed by atoms with van der Waals surface area (Å²) in [5, 5.41) is 13.1. The van der Waals surface area contributed by atoms with Gasteiger partial charge in [0.2, 0.25) is 0 Å². The van der Waals surface area contributed by atoms with E-state index in [0.29, 0.717) is 0 Å². The molecular weight excluding hydrogens is 206 g/mol. The minimum atomic E-state index is -0.851. The zero-order chi connectivity index (χ0) is 11.9. The van der Waals surface area contributed by atoms with E-state index in [1.54, 1.807) is 4.52 Å². The van der Waals surface area contributed by atoms with Crippen LogP contribution in [0, 0.1) is 20.8 Å². The van der Waals surface area contributed by atoms with Crippen molar-refractivity contribution in [1.82, 2.24) is 14.6 Å². The van der Waals surface area contributed by atoms with Crippen molar-refractivity contribution in [1.29, 1.82) is 0 Å². The highest BCUT2D eigenvalue weighted by Gasteiger charge is 2.13. The molecule has 0 fully saturated rings. The van der Waals surface area contributed by atoms with Gasteiger partial charge < -0.3 is 5.11 Å². The molecule has 5 nitrogen and oxygen atoms in total. The summed E-state index contributed by atoms with van der Waals surface area (Å²) in [5.74, 6) is -0.851. The minimum Gasteiger partial charge on any atom is -0.481 e. The molecule has 0 aliphatic rings. The first-order valence-electron chi connectivity index (χ1n) is 5.03. The van der Waals surface area contributed by atoms with Gasteiger partial charge in [-0.05, 0) is 20.8 Å². The minimum absolute atomic E-state index is 0.0144. The first-order valence-corrected chi connectivity index (χ1v) is 5.03. The van der Waals surface area contributed by atoms with E-state index in [0.717, 1.165) is 28.3 Å². The van der Waals surface area contributed by atoms with E-state index in [1.165, 1.54) is 0 Å². The molecule has 0 aromatic carbocycles. The normalized spacial score (nSPS) is 10.9. The number of nitrogens with zero attached hydrogens (tertiary/aromatic N) is 3. The second-order valence-corrected chi connectivity index (χ2v) is 3.89. The lowest BCUT2D eigenvalue weighted by molar-refractivity contribution is -0.136. The Kier molecular flexibility index (Phi) is 2.38. The lowest BCUT2D eigenvalue weighted by atomic mass is 10.1. The molecule has 0 saturated carbocycles. The van der Waals surface area contributed by atoms with E-state index in [1.807, 2.05) is 26.8 Å². The largest absolute Gasteiger partial charge is 0.481 e. The van der Waals surface area contributed by atoms with Crippen LogP contribution in [0.2, 0.25) is 0 Å². The van der Waals surface area contributed by atoms with E-state index >= 15 is 0 Å². The first-order chi connectivity index (χ1) is 7.49. The third-order valence-electron chi connectivity index (χ3n) is 2.61. The Hall–Kier alpha value is -1.91. The van der Waals surface area contributed by atoms with Crippen LogP contribution < -0.4 is 0 Å². The number of carboxylic acids is 1. The third-order valence-corrected chi connectivity index (χ3v) is 2.61. The van der Waals surface area contributed by atoms with Gasteiger partial charge in [-0.25, -0.2) is 9.50 Å². The van der Waals surface area contributed by atoms with E-state index in [-0.39, 0.29) is 6.42 Å². The summed E-state index contributed by atoms with van der Waals surface area (Å²) in [5.41, 5.74) is 3.98. The van der Waals surface area contributed by atoms with Crippen molar-refractivity contribution in [2.75, 3.05) is 0 Å². The average molecular weight is 219 g/mol. The van der Waals surface area contributed by atoms with Gasteiger partial charge in [-0.15, -0.1) is 0 Å². The molecule has 0 spiro atoms. The summed E-state index contributed by atoms with van der Waals surface area (Å²) in [6.45, 7) is 5.58. The van der Waals surface area contributed by atoms with Gasteiger partial charge in [0.15, 0.2) is 5.65 Å². The number of fused-ring (bicyclic) bond motifs is 1. The molecule has 0 amide bonds. The van der Waals surface area contributed by atoms with Gasteiger partial charge in [-0.1, -0.05) is 0 Å². The quantitative estimate of drug-likeness (QED) is 0.826. The summed E-state index contributed by atoms with van der Waals surface area (Å²) < 4.78 is 1.70. The van der Waals surface area contributed by atoms with Crippen molar-refractivity contribution in [3.8, 4) is 0 Å². The van der Waals surface area contributed by atoms with Crippen molar-refractivity contribution >= 4 is 11.6 Å². The molecule has 0 bridgehead atoms. The Bertz CT molecular complexity index is 572. The predicted octanol–water partition coefficient (Wildman–Crippen LogP) is 1.28. The molecule has 2 aromatic heterocycles. The van der Waals surface area contributed by atoms with E-state index < -0.39 is 5.97 Å². The van der Waals surface area contributed by atoms with Crippen LogP contribution in [0.25, 0.3) is 5.65 Å². The fourth-order valence-electron chi connectivity index (χ4n) is 1.85. The fourth-order valence-corrected chi connectivity index (χ4v) is 1.85. The molecule has 0 aliphatic carbocycles. The van der Waals surface area contributed by atoms with E-state index in [2.05, 4.69) is 10.1 Å².